The lowest BCUT2D eigenvalue weighted by molar-refractivity contribution is -0.122. The van der Waals surface area contributed by atoms with Gasteiger partial charge in [-0.2, -0.15) is 5.10 Å². The zero-order valence-corrected chi connectivity index (χ0v) is 13.8. The first-order valence-electron chi connectivity index (χ1n) is 8.47. The average molecular weight is 328 g/mol. The van der Waals surface area contributed by atoms with Gasteiger partial charge in [-0.25, -0.2) is 0 Å². The third-order valence-corrected chi connectivity index (χ3v) is 4.27. The Labute approximate surface area is 142 Å². The van der Waals surface area contributed by atoms with E-state index in [1.807, 2.05) is 36.4 Å². The van der Waals surface area contributed by atoms with E-state index in [1.165, 1.54) is 0 Å². The summed E-state index contributed by atoms with van der Waals surface area (Å²) in [5.74, 6) is 1.32. The van der Waals surface area contributed by atoms with Crippen LogP contribution in [0.1, 0.15) is 24.5 Å². The van der Waals surface area contributed by atoms with Crippen molar-refractivity contribution in [2.24, 2.45) is 0 Å². The van der Waals surface area contributed by atoms with Crippen molar-refractivity contribution in [3.63, 3.8) is 0 Å². The van der Waals surface area contributed by atoms with Crippen LogP contribution in [0.3, 0.4) is 0 Å². The van der Waals surface area contributed by atoms with Crippen LogP contribution < -0.4 is 10.1 Å². The average Bonchev–Trinajstić information content (AvgIpc) is 3.15. The number of ether oxygens (including phenoxy) is 1. The number of para-hydroxylation sites is 1. The maximum atomic E-state index is 12.1. The smallest absolute Gasteiger partial charge is 0.234 e. The Kier molecular flexibility index (Phi) is 5.85. The molecule has 1 aromatic heterocycles. The first kappa shape index (κ1) is 16.5. The number of nitrogens with one attached hydrogen (secondary N) is 2. The monoisotopic (exact) mass is 328 g/mol. The Bertz CT molecular complexity index is 615. The van der Waals surface area contributed by atoms with E-state index in [9.17, 15) is 4.79 Å². The van der Waals surface area contributed by atoms with Crippen LogP contribution in [0, 0.1) is 0 Å². The van der Waals surface area contributed by atoms with Gasteiger partial charge < -0.3 is 10.1 Å². The summed E-state index contributed by atoms with van der Waals surface area (Å²) in [4.78, 5) is 14.3. The molecule has 1 aliphatic heterocycles. The number of aromatic amines is 1. The minimum Gasteiger partial charge on any atom is -0.492 e. The Hall–Kier alpha value is -2.34. The SMILES string of the molecule is O=C(CN1CCCC(c2ccn[nH]2)C1)NCCOc1ccccc1. The number of benzene rings is 1. The predicted octanol–water partition coefficient (Wildman–Crippen LogP) is 1.78. The van der Waals surface area contributed by atoms with Crippen LogP contribution in [0.25, 0.3) is 0 Å². The Morgan fingerprint density at radius 3 is 3.00 bits per heavy atom. The first-order valence-corrected chi connectivity index (χ1v) is 8.47. The first-order chi connectivity index (χ1) is 11.8. The largest absolute Gasteiger partial charge is 0.492 e. The second kappa shape index (κ2) is 8.49. The fourth-order valence-corrected chi connectivity index (χ4v) is 3.08. The van der Waals surface area contributed by atoms with Crippen molar-refractivity contribution in [2.75, 3.05) is 32.8 Å². The highest BCUT2D eigenvalue weighted by Crippen LogP contribution is 2.24. The van der Waals surface area contributed by atoms with Gasteiger partial charge >= 0.3 is 0 Å². The number of rotatable bonds is 7. The van der Waals surface area contributed by atoms with Gasteiger partial charge in [0.05, 0.1) is 13.1 Å². The van der Waals surface area contributed by atoms with Crippen molar-refractivity contribution in [1.82, 2.24) is 20.4 Å². The maximum absolute atomic E-state index is 12.1. The molecule has 24 heavy (non-hydrogen) atoms. The van der Waals surface area contributed by atoms with E-state index in [-0.39, 0.29) is 5.91 Å². The molecule has 1 aromatic carbocycles. The van der Waals surface area contributed by atoms with Crippen molar-refractivity contribution >= 4 is 5.91 Å². The van der Waals surface area contributed by atoms with Gasteiger partial charge in [0.2, 0.25) is 5.91 Å². The summed E-state index contributed by atoms with van der Waals surface area (Å²) in [5, 5.41) is 9.99. The van der Waals surface area contributed by atoms with Gasteiger partial charge in [-0.15, -0.1) is 0 Å². The van der Waals surface area contributed by atoms with E-state index >= 15 is 0 Å². The van der Waals surface area contributed by atoms with Crippen LogP contribution in [0.5, 0.6) is 5.75 Å². The number of piperidine rings is 1. The van der Waals surface area contributed by atoms with Crippen molar-refractivity contribution < 1.29 is 9.53 Å². The molecule has 0 spiro atoms. The summed E-state index contributed by atoms with van der Waals surface area (Å²) in [5.41, 5.74) is 1.16. The van der Waals surface area contributed by atoms with Gasteiger partial charge in [0.1, 0.15) is 12.4 Å². The number of H-pyrrole nitrogens is 1. The highest BCUT2D eigenvalue weighted by atomic mass is 16.5. The van der Waals surface area contributed by atoms with E-state index in [2.05, 4.69) is 20.4 Å². The summed E-state index contributed by atoms with van der Waals surface area (Å²) >= 11 is 0. The fourth-order valence-electron chi connectivity index (χ4n) is 3.08. The van der Waals surface area contributed by atoms with Gasteiger partial charge in [0, 0.05) is 24.4 Å². The molecule has 1 fully saturated rings. The van der Waals surface area contributed by atoms with Crippen molar-refractivity contribution in [1.29, 1.82) is 0 Å². The second-order valence-electron chi connectivity index (χ2n) is 6.10. The molecule has 0 radical (unpaired) electrons. The van der Waals surface area contributed by atoms with Crippen LogP contribution in [0.4, 0.5) is 0 Å². The number of amides is 1. The van der Waals surface area contributed by atoms with Crippen LogP contribution >= 0.6 is 0 Å². The van der Waals surface area contributed by atoms with Crippen molar-refractivity contribution in [3.05, 3.63) is 48.3 Å². The highest BCUT2D eigenvalue weighted by molar-refractivity contribution is 5.78. The van der Waals surface area contributed by atoms with Crippen molar-refractivity contribution in [2.45, 2.75) is 18.8 Å². The minimum absolute atomic E-state index is 0.0527. The molecule has 1 aliphatic rings. The number of carbonyl (C=O) groups excluding carboxylic acids is 1. The van der Waals surface area contributed by atoms with Crippen LogP contribution in [-0.4, -0.2) is 53.8 Å². The lowest BCUT2D eigenvalue weighted by Gasteiger charge is -2.31. The van der Waals surface area contributed by atoms with Gasteiger partial charge in [-0.3, -0.25) is 14.8 Å². The number of carbonyl (C=O) groups is 1. The summed E-state index contributed by atoms with van der Waals surface area (Å²) < 4.78 is 5.57. The van der Waals surface area contributed by atoms with E-state index in [0.717, 1.165) is 37.4 Å². The third-order valence-electron chi connectivity index (χ3n) is 4.27. The quantitative estimate of drug-likeness (QED) is 0.760. The van der Waals surface area contributed by atoms with Crippen LogP contribution in [-0.2, 0) is 4.79 Å². The molecular weight excluding hydrogens is 304 g/mol. The molecule has 0 aliphatic carbocycles. The van der Waals surface area contributed by atoms with Gasteiger partial charge in [-0.1, -0.05) is 18.2 Å². The third kappa shape index (κ3) is 4.83. The molecule has 0 bridgehead atoms. The molecule has 1 unspecified atom stereocenters. The summed E-state index contributed by atoms with van der Waals surface area (Å²) in [6.07, 6.45) is 4.03. The molecule has 1 amide bonds. The molecule has 0 saturated carbocycles. The molecule has 2 aromatic rings. The van der Waals surface area contributed by atoms with Crippen LogP contribution in [0.15, 0.2) is 42.6 Å². The van der Waals surface area contributed by atoms with E-state index in [1.54, 1.807) is 6.20 Å². The lowest BCUT2D eigenvalue weighted by Crippen LogP contribution is -2.42. The number of hydrogen-bond acceptors (Lipinski definition) is 4. The molecule has 2 heterocycles. The lowest BCUT2D eigenvalue weighted by atomic mass is 9.95. The fraction of sp³-hybridized carbons (Fsp3) is 0.444. The van der Waals surface area contributed by atoms with E-state index < -0.39 is 0 Å². The Balaban J connectivity index is 1.35. The molecule has 1 atom stereocenters. The van der Waals surface area contributed by atoms with Gasteiger partial charge in [-0.05, 0) is 37.6 Å². The molecule has 2 N–H and O–H groups in total. The zero-order valence-electron chi connectivity index (χ0n) is 13.8. The normalized spacial score (nSPS) is 18.2. The molecular formula is C18H24N4O2. The zero-order chi connectivity index (χ0) is 16.6. The number of aromatic nitrogens is 2. The second-order valence-corrected chi connectivity index (χ2v) is 6.10. The number of likely N-dealkylation sites (tertiary alicyclic amines) is 1. The highest BCUT2D eigenvalue weighted by Gasteiger charge is 2.23. The van der Waals surface area contributed by atoms with Crippen LogP contribution in [0.2, 0.25) is 0 Å². The number of hydrogen-bond donors (Lipinski definition) is 2. The topological polar surface area (TPSA) is 70.2 Å². The minimum atomic E-state index is 0.0527. The number of nitrogens with zero attached hydrogens (tertiary/aromatic N) is 2. The van der Waals surface area contributed by atoms with E-state index in [0.29, 0.717) is 25.6 Å². The van der Waals surface area contributed by atoms with Crippen molar-refractivity contribution in [3.8, 4) is 5.75 Å². The maximum Gasteiger partial charge on any atom is 0.234 e. The van der Waals surface area contributed by atoms with Gasteiger partial charge in [0.15, 0.2) is 0 Å². The van der Waals surface area contributed by atoms with Gasteiger partial charge in [0.25, 0.3) is 0 Å². The summed E-state index contributed by atoms with van der Waals surface area (Å²) in [6, 6.07) is 11.6. The standard InChI is InChI=1S/C18H24N4O2/c23-18(19-10-12-24-16-6-2-1-3-7-16)14-22-11-4-5-15(13-22)17-8-9-20-21-17/h1-3,6-9,15H,4-5,10-14H2,(H,19,23)(H,20,21). The summed E-state index contributed by atoms with van der Waals surface area (Å²) in [7, 11) is 0. The Morgan fingerprint density at radius 1 is 1.33 bits per heavy atom. The Morgan fingerprint density at radius 2 is 2.21 bits per heavy atom. The molecule has 6 heteroatoms. The predicted molar refractivity (Wildman–Crippen MR) is 91.9 cm³/mol. The molecule has 3 rings (SSSR count). The molecule has 1 saturated heterocycles. The summed E-state index contributed by atoms with van der Waals surface area (Å²) in [6.45, 7) is 3.31. The molecule has 128 valence electrons. The van der Waals surface area contributed by atoms with E-state index in [4.69, 9.17) is 4.74 Å². The molecule has 6 nitrogen and oxygen atoms in total.